The van der Waals surface area contributed by atoms with Crippen molar-refractivity contribution >= 4 is 106 Å². The summed E-state index contributed by atoms with van der Waals surface area (Å²) in [6.45, 7) is 6.57. The van der Waals surface area contributed by atoms with E-state index in [9.17, 15) is 82.1 Å². The molecular weight excluding hydrogens is 1270 g/mol. The quantitative estimate of drug-likeness (QED) is 0.0360. The maximum Gasteiger partial charge on any atom is 0.303 e. The molecule has 0 unspecified atom stereocenters. The minimum atomic E-state index is -1.91. The Bertz CT molecular complexity index is 3390. The van der Waals surface area contributed by atoms with E-state index < -0.39 is 194 Å². The second-order valence-electron chi connectivity index (χ2n) is 24.0. The van der Waals surface area contributed by atoms with E-state index >= 15 is 0 Å². The zero-order chi connectivity index (χ0) is 71.8. The average Bonchev–Trinajstić information content (AvgIpc) is 1.83. The Morgan fingerprint density at radius 1 is 0.608 bits per heavy atom. The summed E-state index contributed by atoms with van der Waals surface area (Å²) in [5, 5.41) is 50.2. The standard InChI is InChI=1S/C60H88N20O17/c1-28(2)19-39-54(92)75-38(15-16-47(84)85)52(90)78-42(22-45(61)82)56(94)77-41(21-34-24-64-27-68-34)53(91)71-31(5)49(87)69-29(3)48(86)70-30(4)50(88)72-32(6)59(97)80-18-10-14-44(80)58(96)79-43(26-81)57(95)76-40(20-33-23-66-36-12-8-7-11-35(33)36)55(93)74-37(13-9-17-65-60(62)63)51(89)67-25-46(83)73-39/h7-8,11-12,23-24,27-32,37-44,66,81H,9-10,13-22,25-26H2,1-6H3,(H2,61,82)(H,64,68)(H,67,89)(H,69,87)(H,70,86)(H,71,91)(H,72,88)(H,73,83)(H,74,93)(H,75,92)(H,76,95)(H,77,94)(H,78,90)(H,79,96)(H,84,85)(H4,62,63,65)/t29-,30-,31-,32-,37-,38-,39-,40-,41-,42-,43-,44-/m0/s1. The highest BCUT2D eigenvalue weighted by Gasteiger charge is 2.40. The highest BCUT2D eigenvalue weighted by Crippen LogP contribution is 2.21. The van der Waals surface area contributed by atoms with Gasteiger partial charge in [-0.05, 0) is 83.8 Å². The summed E-state index contributed by atoms with van der Waals surface area (Å²) in [4.78, 5) is 221. The smallest absolute Gasteiger partial charge is 0.303 e. The molecule has 2 aromatic heterocycles. The van der Waals surface area contributed by atoms with Gasteiger partial charge in [0.2, 0.25) is 82.7 Å². The van der Waals surface area contributed by atoms with Crippen LogP contribution in [0.4, 0.5) is 0 Å². The number of nitrogens with two attached hydrogens (primary N) is 3. The number of aromatic amines is 2. The molecule has 0 spiro atoms. The number of hydrogen-bond donors (Lipinski definition) is 19. The van der Waals surface area contributed by atoms with Crippen LogP contribution < -0.4 is 81.0 Å². The number of amides is 14. The number of aliphatic carboxylic acids is 1. The van der Waals surface area contributed by atoms with Crippen LogP contribution in [0.3, 0.4) is 0 Å². The zero-order valence-electron chi connectivity index (χ0n) is 54.5. The van der Waals surface area contributed by atoms with Crippen LogP contribution in [-0.2, 0) is 84.8 Å². The fraction of sp³-hybridized carbons (Fsp3) is 0.550. The third-order valence-electron chi connectivity index (χ3n) is 15.7. The Hall–Kier alpha value is -10.7. The van der Waals surface area contributed by atoms with Crippen molar-refractivity contribution in [3.8, 4) is 0 Å². The highest BCUT2D eigenvalue weighted by molar-refractivity contribution is 6.01. The summed E-state index contributed by atoms with van der Waals surface area (Å²) in [5.74, 6) is -16.0. The normalized spacial score (nSPS) is 25.9. The molecular formula is C60H88N20O17. The van der Waals surface area contributed by atoms with E-state index in [4.69, 9.17) is 17.2 Å². The van der Waals surface area contributed by atoms with Crippen LogP contribution in [0.15, 0.2) is 48.0 Å². The first-order valence-corrected chi connectivity index (χ1v) is 31.5. The number of aliphatic hydroxyl groups excluding tert-OH is 1. The molecule has 37 heteroatoms. The molecule has 0 bridgehead atoms. The molecule has 1 aromatic carbocycles. The number of imidazole rings is 1. The fourth-order valence-electron chi connectivity index (χ4n) is 10.5. The lowest BCUT2D eigenvalue weighted by atomic mass is 10.0. The van der Waals surface area contributed by atoms with Gasteiger partial charge in [0.05, 0.1) is 25.9 Å². The monoisotopic (exact) mass is 1360 g/mol. The number of carbonyl (C=O) groups is 15. The summed E-state index contributed by atoms with van der Waals surface area (Å²) < 4.78 is 0. The van der Waals surface area contributed by atoms with Gasteiger partial charge in [-0.1, -0.05) is 32.0 Å². The van der Waals surface area contributed by atoms with Crippen LogP contribution in [0, 0.1) is 5.92 Å². The number of para-hydroxylation sites is 1. The number of H-pyrrole nitrogens is 2. The van der Waals surface area contributed by atoms with Crippen molar-refractivity contribution in [2.24, 2.45) is 28.1 Å². The number of nitrogens with zero attached hydrogens (tertiary/aromatic N) is 3. The first-order chi connectivity index (χ1) is 45.8. The van der Waals surface area contributed by atoms with Crippen LogP contribution in [0.5, 0.6) is 0 Å². The Morgan fingerprint density at radius 2 is 1.13 bits per heavy atom. The lowest BCUT2D eigenvalue weighted by Crippen LogP contribution is -2.60. The van der Waals surface area contributed by atoms with E-state index in [-0.39, 0.29) is 69.2 Å². The number of guanidine groups is 1. The van der Waals surface area contributed by atoms with Gasteiger partial charge >= 0.3 is 5.97 Å². The number of aliphatic hydroxyl groups is 1. The largest absolute Gasteiger partial charge is 0.481 e. The molecule has 4 heterocycles. The molecule has 5 rings (SSSR count). The highest BCUT2D eigenvalue weighted by atomic mass is 16.4. The second kappa shape index (κ2) is 36.8. The average molecular weight is 1360 g/mol. The number of primary amides is 1. The summed E-state index contributed by atoms with van der Waals surface area (Å²) in [6.07, 6.45) is 1.37. The number of carbonyl (C=O) groups excluding carboxylic acids is 14. The van der Waals surface area contributed by atoms with Crippen molar-refractivity contribution in [2.75, 3.05) is 26.2 Å². The first kappa shape index (κ1) is 77.0. The number of carboxylic acids is 1. The Kier molecular flexibility index (Phi) is 29.2. The number of benzene rings is 1. The van der Waals surface area contributed by atoms with Gasteiger partial charge in [0, 0.05) is 61.3 Å². The van der Waals surface area contributed by atoms with Crippen molar-refractivity contribution in [3.63, 3.8) is 0 Å². The topological polar surface area (TPSA) is 579 Å². The van der Waals surface area contributed by atoms with Gasteiger partial charge in [0.1, 0.15) is 72.5 Å². The fourth-order valence-corrected chi connectivity index (χ4v) is 10.5. The molecule has 3 aromatic rings. The SMILES string of the molecule is CC(C)C[C@@H]1NC(=O)CNC(=O)[C@H](CCCN=C(N)N)NC(=O)[C@H](Cc2c[nH]c3ccccc23)NC(=O)[C@H](CO)NC(=O)[C@@H]2CCCN2C(=O)[C@H](C)NC(=O)[C@H](C)NC(=O)[C@H](C)NC(=O)[C@H](C)NC(=O)[C@H](Cc2cnc[nH]2)NC(=O)[C@H](CC(N)=O)NC(=O)[C@H](CCC(=O)O)NC1=O. The predicted octanol–water partition coefficient (Wildman–Crippen LogP) is -6.96. The number of nitrogens with one attached hydrogen (secondary N) is 14. The molecule has 14 amide bonds. The first-order valence-electron chi connectivity index (χ1n) is 31.5. The Labute approximate surface area is 556 Å². The molecule has 0 saturated carbocycles. The van der Waals surface area contributed by atoms with Crippen LogP contribution in [0.1, 0.15) is 104 Å². The molecule has 530 valence electrons. The second-order valence-corrected chi connectivity index (χ2v) is 24.0. The third-order valence-corrected chi connectivity index (χ3v) is 15.7. The van der Waals surface area contributed by atoms with Crippen LogP contribution in [0.25, 0.3) is 10.9 Å². The molecule has 0 radical (unpaired) electrons. The Morgan fingerprint density at radius 3 is 1.72 bits per heavy atom. The van der Waals surface area contributed by atoms with Crippen LogP contribution in [-0.4, -0.2) is 223 Å². The van der Waals surface area contributed by atoms with E-state index in [1.165, 1.54) is 40.2 Å². The molecule has 97 heavy (non-hydrogen) atoms. The number of rotatable bonds is 16. The van der Waals surface area contributed by atoms with E-state index in [0.29, 0.717) is 22.9 Å². The summed E-state index contributed by atoms with van der Waals surface area (Å²) in [7, 11) is 0. The van der Waals surface area contributed by atoms with Crippen LogP contribution >= 0.6 is 0 Å². The van der Waals surface area contributed by atoms with Crippen molar-refractivity contribution < 1.29 is 82.1 Å². The van der Waals surface area contributed by atoms with Gasteiger partial charge in [0.15, 0.2) is 5.96 Å². The van der Waals surface area contributed by atoms with Crippen LogP contribution in [0.2, 0.25) is 0 Å². The summed E-state index contributed by atoms with van der Waals surface area (Å²) >= 11 is 0. The van der Waals surface area contributed by atoms with Crippen molar-refractivity contribution in [1.82, 2.24) is 83.7 Å². The van der Waals surface area contributed by atoms with Gasteiger partial charge in [-0.25, -0.2) is 4.98 Å². The number of aliphatic imine (C=N–C) groups is 1. The van der Waals surface area contributed by atoms with Crippen molar-refractivity contribution in [3.05, 3.63) is 54.2 Å². The molecule has 2 fully saturated rings. The van der Waals surface area contributed by atoms with Gasteiger partial charge < -0.3 is 106 Å². The number of aromatic nitrogens is 3. The molecule has 0 aliphatic carbocycles. The van der Waals surface area contributed by atoms with E-state index in [1.807, 2.05) is 0 Å². The van der Waals surface area contributed by atoms with Gasteiger partial charge in [-0.3, -0.25) is 76.9 Å². The van der Waals surface area contributed by atoms with E-state index in [0.717, 1.165) is 4.90 Å². The van der Waals surface area contributed by atoms with Gasteiger partial charge in [-0.15, -0.1) is 0 Å². The number of hydrogen-bond acceptors (Lipinski definition) is 18. The molecule has 2 aliphatic heterocycles. The Balaban J connectivity index is 1.50. The van der Waals surface area contributed by atoms with E-state index in [1.54, 1.807) is 44.3 Å². The molecule has 12 atom stereocenters. The molecule has 37 nitrogen and oxygen atoms in total. The summed E-state index contributed by atoms with van der Waals surface area (Å²) in [5.41, 5.74) is 18.0. The van der Waals surface area contributed by atoms with Gasteiger partial charge in [-0.2, -0.15) is 0 Å². The molecule has 2 aliphatic rings. The van der Waals surface area contributed by atoms with Crippen molar-refractivity contribution in [1.29, 1.82) is 0 Å². The predicted molar refractivity (Wildman–Crippen MR) is 343 cm³/mol. The maximum atomic E-state index is 14.6. The summed E-state index contributed by atoms with van der Waals surface area (Å²) in [6, 6.07) is -11.3. The van der Waals surface area contributed by atoms with E-state index in [2.05, 4.69) is 83.7 Å². The lowest BCUT2D eigenvalue weighted by molar-refractivity contribution is -0.142. The minimum absolute atomic E-state index is 0.0259. The third kappa shape index (κ3) is 23.9. The molecule has 22 N–H and O–H groups in total. The zero-order valence-corrected chi connectivity index (χ0v) is 54.5. The minimum Gasteiger partial charge on any atom is -0.481 e. The van der Waals surface area contributed by atoms with Crippen molar-refractivity contribution in [2.45, 2.75) is 178 Å². The number of fused-ring (bicyclic) bond motifs is 2. The number of carboxylic acid groups (broad SMARTS) is 1. The maximum absolute atomic E-state index is 14.6. The van der Waals surface area contributed by atoms with Gasteiger partial charge in [0.25, 0.3) is 0 Å². The lowest BCUT2D eigenvalue weighted by Gasteiger charge is -2.29. The molecule has 2 saturated heterocycles.